The normalized spacial score (nSPS) is 43.1. The summed E-state index contributed by atoms with van der Waals surface area (Å²) in [4.78, 5) is 22.8. The van der Waals surface area contributed by atoms with E-state index in [1.165, 1.54) is 0 Å². The van der Waals surface area contributed by atoms with Gasteiger partial charge in [-0.3, -0.25) is 14.1 Å². The van der Waals surface area contributed by atoms with Gasteiger partial charge in [0.1, 0.15) is 6.54 Å². The molecule has 0 aromatic rings. The Balaban J connectivity index is 1.53. The number of amides is 1. The number of rotatable bonds is 8. The summed E-state index contributed by atoms with van der Waals surface area (Å²) in [5, 5.41) is 21.6. The molecule has 4 aliphatic rings. The van der Waals surface area contributed by atoms with Crippen molar-refractivity contribution in [1.82, 2.24) is 5.32 Å². The van der Waals surface area contributed by atoms with Crippen molar-refractivity contribution in [2.45, 2.75) is 97.2 Å². The largest absolute Gasteiger partial charge is 0.480 e. The van der Waals surface area contributed by atoms with Gasteiger partial charge in [0.25, 0.3) is 0 Å². The number of carboxylic acid groups (broad SMARTS) is 1. The van der Waals surface area contributed by atoms with E-state index in [-0.39, 0.29) is 65.4 Å². The van der Waals surface area contributed by atoms with E-state index in [4.69, 9.17) is 9.29 Å². The van der Waals surface area contributed by atoms with Crippen LogP contribution in [0.4, 0.5) is 0 Å². The Morgan fingerprint density at radius 1 is 1.06 bits per heavy atom. The van der Waals surface area contributed by atoms with Gasteiger partial charge in [0.2, 0.25) is 5.91 Å². The molecule has 0 radical (unpaired) electrons. The van der Waals surface area contributed by atoms with Crippen molar-refractivity contribution in [3.05, 3.63) is 0 Å². The van der Waals surface area contributed by atoms with Crippen LogP contribution in [0.5, 0.6) is 0 Å². The van der Waals surface area contributed by atoms with E-state index in [1.807, 2.05) is 0 Å². The monoisotopic (exact) mass is 529 g/mol. The number of fused-ring (bicyclic) bond motifs is 5. The van der Waals surface area contributed by atoms with Crippen molar-refractivity contribution in [1.29, 1.82) is 0 Å². The molecule has 4 fully saturated rings. The lowest BCUT2D eigenvalue weighted by molar-refractivity contribution is -0.168. The Morgan fingerprint density at radius 2 is 1.72 bits per heavy atom. The number of aliphatic hydroxyl groups excluding tert-OH is 1. The summed E-state index contributed by atoms with van der Waals surface area (Å²) in [5.41, 5.74) is 0.00651. The lowest BCUT2D eigenvalue weighted by atomic mass is 9.43. The molecule has 4 N–H and O–H groups in total. The lowest BCUT2D eigenvalue weighted by Gasteiger charge is -2.62. The minimum Gasteiger partial charge on any atom is -0.480 e. The van der Waals surface area contributed by atoms with E-state index >= 15 is 0 Å². The Labute approximate surface area is 214 Å². The summed E-state index contributed by atoms with van der Waals surface area (Å²) in [6.45, 7) is 6.43. The number of nitrogens with one attached hydrogen (secondary N) is 1. The second-order valence-electron chi connectivity index (χ2n) is 12.6. The summed E-state index contributed by atoms with van der Waals surface area (Å²) in [7, 11) is -4.60. The van der Waals surface area contributed by atoms with Crippen LogP contribution >= 0.6 is 0 Å². The zero-order valence-corrected chi connectivity index (χ0v) is 22.5. The molecule has 36 heavy (non-hydrogen) atoms. The standard InChI is InChI=1S/C26H43NO8S/c1-15(4-7-22(29)27-14-23(30)31)18-5-6-19-24-20(9-11-26(18,19)3)25(2)10-8-17(28)12-16(25)13-21(24)35-36(32,33)34/h15-21,24,28H,4-14H2,1-3H3,(H,27,29)(H,30,31)(H,32,33,34)/t15-,16+,17-,18-,19+,20+,21+,24+,25+,26-/m1/s1. The molecule has 1 amide bonds. The highest BCUT2D eigenvalue weighted by Crippen LogP contribution is 2.68. The molecule has 4 saturated carbocycles. The lowest BCUT2D eigenvalue weighted by Crippen LogP contribution is -2.59. The van der Waals surface area contributed by atoms with E-state index in [0.717, 1.165) is 38.5 Å². The molecular weight excluding hydrogens is 486 g/mol. The average molecular weight is 530 g/mol. The molecule has 0 aliphatic heterocycles. The topological polar surface area (TPSA) is 150 Å². The molecule has 0 bridgehead atoms. The van der Waals surface area contributed by atoms with Crippen LogP contribution in [0, 0.1) is 46.3 Å². The molecular formula is C26H43NO8S. The van der Waals surface area contributed by atoms with E-state index < -0.39 is 22.5 Å². The average Bonchev–Trinajstić information content (AvgIpc) is 3.13. The maximum Gasteiger partial charge on any atom is 0.397 e. The number of carbonyl (C=O) groups is 2. The van der Waals surface area contributed by atoms with Gasteiger partial charge in [-0.05, 0) is 104 Å². The first-order valence-corrected chi connectivity index (χ1v) is 14.9. The predicted molar refractivity (Wildman–Crippen MR) is 132 cm³/mol. The number of hydrogen-bond donors (Lipinski definition) is 4. The van der Waals surface area contributed by atoms with Crippen LogP contribution in [0.3, 0.4) is 0 Å². The molecule has 0 spiro atoms. The molecule has 10 heteroatoms. The molecule has 0 saturated heterocycles. The Morgan fingerprint density at radius 3 is 2.39 bits per heavy atom. The predicted octanol–water partition coefficient (Wildman–Crippen LogP) is 3.42. The van der Waals surface area contributed by atoms with E-state index in [1.54, 1.807) is 0 Å². The molecule has 4 aliphatic carbocycles. The van der Waals surface area contributed by atoms with Crippen LogP contribution in [0.15, 0.2) is 0 Å². The van der Waals surface area contributed by atoms with Crippen molar-refractivity contribution in [3.8, 4) is 0 Å². The highest BCUT2D eigenvalue weighted by molar-refractivity contribution is 7.80. The number of carbonyl (C=O) groups excluding carboxylic acids is 1. The van der Waals surface area contributed by atoms with E-state index in [0.29, 0.717) is 25.2 Å². The van der Waals surface area contributed by atoms with Gasteiger partial charge in [-0.2, -0.15) is 8.42 Å². The zero-order chi connectivity index (χ0) is 26.5. The third-order valence-corrected chi connectivity index (χ3v) is 11.4. The van der Waals surface area contributed by atoms with Crippen LogP contribution < -0.4 is 5.32 Å². The fourth-order valence-corrected chi connectivity index (χ4v) is 9.75. The van der Waals surface area contributed by atoms with Crippen LogP contribution in [-0.4, -0.2) is 53.8 Å². The summed E-state index contributed by atoms with van der Waals surface area (Å²) >= 11 is 0. The van der Waals surface area contributed by atoms with Crippen LogP contribution in [0.2, 0.25) is 0 Å². The maximum absolute atomic E-state index is 12.1. The molecule has 0 unspecified atom stereocenters. The van der Waals surface area contributed by atoms with Crippen LogP contribution in [0.1, 0.15) is 85.0 Å². The summed E-state index contributed by atoms with van der Waals surface area (Å²) in [6, 6.07) is 0. The number of aliphatic carboxylic acids is 1. The van der Waals surface area contributed by atoms with Gasteiger partial charge in [-0.15, -0.1) is 0 Å². The van der Waals surface area contributed by atoms with Gasteiger partial charge >= 0.3 is 16.4 Å². The molecule has 0 heterocycles. The number of aliphatic hydroxyl groups is 1. The highest BCUT2D eigenvalue weighted by Gasteiger charge is 2.63. The minimum atomic E-state index is -4.60. The fourth-order valence-electron chi connectivity index (χ4n) is 9.23. The Hall–Kier alpha value is -1.23. The first-order chi connectivity index (χ1) is 16.7. The second kappa shape index (κ2) is 10.2. The van der Waals surface area contributed by atoms with Crippen LogP contribution in [0.25, 0.3) is 0 Å². The molecule has 0 aromatic carbocycles. The van der Waals surface area contributed by atoms with Gasteiger partial charge in [0.05, 0.1) is 12.2 Å². The van der Waals surface area contributed by atoms with Crippen molar-refractivity contribution < 1.29 is 37.0 Å². The van der Waals surface area contributed by atoms with Crippen molar-refractivity contribution in [2.24, 2.45) is 46.3 Å². The third-order valence-electron chi connectivity index (χ3n) is 10.9. The van der Waals surface area contributed by atoms with Gasteiger partial charge in [-0.1, -0.05) is 20.8 Å². The Bertz CT molecular complexity index is 956. The molecule has 9 nitrogen and oxygen atoms in total. The fraction of sp³-hybridized carbons (Fsp3) is 0.923. The third kappa shape index (κ3) is 5.33. The van der Waals surface area contributed by atoms with Gasteiger partial charge in [0.15, 0.2) is 0 Å². The summed E-state index contributed by atoms with van der Waals surface area (Å²) in [6.07, 6.45) is 6.84. The van der Waals surface area contributed by atoms with Crippen molar-refractivity contribution in [2.75, 3.05) is 6.54 Å². The second-order valence-corrected chi connectivity index (χ2v) is 13.7. The molecule has 10 atom stereocenters. The van der Waals surface area contributed by atoms with Gasteiger partial charge in [0, 0.05) is 6.42 Å². The van der Waals surface area contributed by atoms with Crippen LogP contribution in [-0.2, 0) is 24.2 Å². The Kier molecular flexibility index (Phi) is 7.84. The minimum absolute atomic E-state index is 0.0175. The van der Waals surface area contributed by atoms with E-state index in [9.17, 15) is 27.7 Å². The molecule has 4 rings (SSSR count). The van der Waals surface area contributed by atoms with Crippen molar-refractivity contribution in [3.63, 3.8) is 0 Å². The smallest absolute Gasteiger partial charge is 0.397 e. The molecule has 206 valence electrons. The maximum atomic E-state index is 12.1. The van der Waals surface area contributed by atoms with Gasteiger partial charge in [-0.25, -0.2) is 4.18 Å². The first kappa shape index (κ1) is 27.8. The summed E-state index contributed by atoms with van der Waals surface area (Å²) < 4.78 is 38.8. The van der Waals surface area contributed by atoms with Gasteiger partial charge < -0.3 is 15.5 Å². The number of carboxylic acids is 1. The van der Waals surface area contributed by atoms with E-state index in [2.05, 4.69) is 26.1 Å². The SMILES string of the molecule is C[C@H](CCC(=O)NCC(=O)O)[C@H]1CC[C@H]2[C@@H]3[C@@H](OS(=O)(=O)O)C[C@@H]4C[C@H](O)CC[C@]4(C)[C@H]3CC[C@]12C. The summed E-state index contributed by atoms with van der Waals surface area (Å²) in [5.74, 6) is 0.0742. The highest BCUT2D eigenvalue weighted by atomic mass is 32.3. The first-order valence-electron chi connectivity index (χ1n) is 13.6. The number of hydrogen-bond acceptors (Lipinski definition) is 6. The zero-order valence-electron chi connectivity index (χ0n) is 21.7. The quantitative estimate of drug-likeness (QED) is 0.349. The van der Waals surface area contributed by atoms with Crippen molar-refractivity contribution >= 4 is 22.3 Å². The molecule has 0 aromatic heterocycles.